The summed E-state index contributed by atoms with van der Waals surface area (Å²) in [6, 6.07) is 50.4. The fourth-order valence-electron chi connectivity index (χ4n) is 9.63. The molecule has 2 atom stereocenters. The Bertz CT molecular complexity index is 2670. The monoisotopic (exact) mass is 967 g/mol. The van der Waals surface area contributed by atoms with Crippen LogP contribution in [0.2, 0.25) is 0 Å². The number of rotatable bonds is 4. The summed E-state index contributed by atoms with van der Waals surface area (Å²) in [6.07, 6.45) is 8.21. The summed E-state index contributed by atoms with van der Waals surface area (Å²) >= 11 is 0. The van der Waals surface area contributed by atoms with Crippen LogP contribution in [0.25, 0.3) is 5.57 Å². The van der Waals surface area contributed by atoms with Crippen molar-refractivity contribution in [2.24, 2.45) is 11.3 Å². The van der Waals surface area contributed by atoms with Crippen LogP contribution in [0.1, 0.15) is 59.1 Å². The molecule has 0 spiro atoms. The molecule has 4 heterocycles. The largest absolute Gasteiger partial charge is 0.504 e. The van der Waals surface area contributed by atoms with Crippen molar-refractivity contribution < 1.29 is 21.1 Å². The number of fused-ring (bicyclic) bond motifs is 6. The van der Waals surface area contributed by atoms with Gasteiger partial charge in [0.15, 0.2) is 8.07 Å². The first-order chi connectivity index (χ1) is 27.9. The molecule has 0 saturated carbocycles. The molecule has 0 N–H and O–H groups in total. The van der Waals surface area contributed by atoms with Crippen LogP contribution in [0, 0.1) is 30.1 Å². The zero-order chi connectivity index (χ0) is 40.1. The SMILES string of the molecule is CN1[CH-]N(c2[c-]c(N3c4[c-]c([Si]5(c6ccccn6)C6=C[C@H](C(C)(C)C)CC=C6c6ccc(C(C)(C)C)cc65)ccc4N(C)c4ccccc43)ccc2)c2ccccc21.[Pt]. The number of hydrogen-bond donors (Lipinski definition) is 0. The molecule has 59 heavy (non-hydrogen) atoms. The standard InChI is InChI=1S/C52H50N5Si.Pt/c1-51(2,3)35-23-26-40-41-27-24-36(52(4,5)6)31-49(41)58(48(40)30-35,50-22-13-14-29-53-50)39-25-28-44-47(33-39)57(46-21-12-10-19-43(46)55(44)8)38-17-15-16-37(32-38)56-34-54(7)42-18-9-11-20-45(42)56;/h9-23,25-31,34,36H,24H2,1-8H3;/q-3;/t36-,58?;/m1./s1. The maximum absolute atomic E-state index is 5.33. The maximum Gasteiger partial charge on any atom is 0.178 e. The van der Waals surface area contributed by atoms with Gasteiger partial charge in [-0.3, -0.25) is 4.98 Å². The van der Waals surface area contributed by atoms with Gasteiger partial charge in [-0.1, -0.05) is 108 Å². The van der Waals surface area contributed by atoms with Crippen molar-refractivity contribution in [2.45, 2.75) is 53.4 Å². The summed E-state index contributed by atoms with van der Waals surface area (Å²) in [5.74, 6) is 0.397. The van der Waals surface area contributed by atoms with Gasteiger partial charge in [0.1, 0.15) is 0 Å². The molecule has 10 rings (SSSR count). The van der Waals surface area contributed by atoms with Gasteiger partial charge in [0, 0.05) is 44.0 Å². The van der Waals surface area contributed by atoms with Crippen LogP contribution < -0.4 is 35.3 Å². The average molecular weight is 968 g/mol. The Morgan fingerprint density at radius 1 is 0.712 bits per heavy atom. The summed E-state index contributed by atoms with van der Waals surface area (Å²) in [7, 11) is 1.25. The van der Waals surface area contributed by atoms with Crippen molar-refractivity contribution in [2.75, 3.05) is 33.7 Å². The Balaban J connectivity index is 0.00000449. The third-order valence-electron chi connectivity index (χ3n) is 12.8. The average Bonchev–Trinajstić information content (AvgIpc) is 3.72. The van der Waals surface area contributed by atoms with E-state index in [0.29, 0.717) is 5.92 Å². The van der Waals surface area contributed by atoms with Gasteiger partial charge >= 0.3 is 0 Å². The van der Waals surface area contributed by atoms with Crippen LogP contribution in [0.3, 0.4) is 0 Å². The topological polar surface area (TPSA) is 25.9 Å². The van der Waals surface area contributed by atoms with E-state index in [9.17, 15) is 0 Å². The van der Waals surface area contributed by atoms with Gasteiger partial charge in [0.05, 0.1) is 11.4 Å². The molecule has 0 amide bonds. The zero-order valence-electron chi connectivity index (χ0n) is 35.1. The van der Waals surface area contributed by atoms with E-state index in [4.69, 9.17) is 4.98 Å². The Kier molecular flexibility index (Phi) is 9.49. The van der Waals surface area contributed by atoms with E-state index in [2.05, 4.69) is 221 Å². The minimum Gasteiger partial charge on any atom is -0.504 e. The predicted molar refractivity (Wildman–Crippen MR) is 246 cm³/mol. The molecule has 5 nitrogen and oxygen atoms in total. The van der Waals surface area contributed by atoms with Gasteiger partial charge in [-0.25, -0.2) is 0 Å². The number of hydrogen-bond acceptors (Lipinski definition) is 5. The van der Waals surface area contributed by atoms with E-state index in [-0.39, 0.29) is 31.9 Å². The Morgan fingerprint density at radius 3 is 2.15 bits per heavy atom. The molecule has 300 valence electrons. The molecule has 3 aliphatic heterocycles. The van der Waals surface area contributed by atoms with Gasteiger partial charge in [-0.15, -0.1) is 30.0 Å². The van der Waals surface area contributed by atoms with Gasteiger partial charge in [0.2, 0.25) is 0 Å². The van der Waals surface area contributed by atoms with Crippen LogP contribution in [0.5, 0.6) is 0 Å². The molecule has 0 saturated heterocycles. The van der Waals surface area contributed by atoms with E-state index in [1.54, 1.807) is 0 Å². The fourth-order valence-corrected chi connectivity index (χ4v) is 14.7. The molecule has 1 aromatic heterocycles. The molecule has 0 fully saturated rings. The summed E-state index contributed by atoms with van der Waals surface area (Å²) in [6.45, 7) is 16.3. The van der Waals surface area contributed by atoms with Crippen molar-refractivity contribution in [3.8, 4) is 0 Å². The zero-order valence-corrected chi connectivity index (χ0v) is 38.4. The van der Waals surface area contributed by atoms with Crippen molar-refractivity contribution in [3.05, 3.63) is 169 Å². The number of para-hydroxylation sites is 4. The molecule has 1 unspecified atom stereocenters. The number of benzene rings is 5. The molecule has 6 aromatic rings. The molecule has 0 bridgehead atoms. The van der Waals surface area contributed by atoms with Gasteiger partial charge in [0.25, 0.3) is 0 Å². The summed E-state index contributed by atoms with van der Waals surface area (Å²) in [5, 5.41) is 5.24. The third kappa shape index (κ3) is 6.08. The summed E-state index contributed by atoms with van der Waals surface area (Å²) in [5.41, 5.74) is 12.8. The Labute approximate surface area is 366 Å². The summed E-state index contributed by atoms with van der Waals surface area (Å²) in [4.78, 5) is 14.4. The Hall–Kier alpha value is -5.16. The molecule has 7 heteroatoms. The first-order valence-electron chi connectivity index (χ1n) is 20.5. The number of aromatic nitrogens is 1. The molecular formula is C52H50N5PtSi-3. The second-order valence-corrected chi connectivity index (χ2v) is 22.0. The maximum atomic E-state index is 5.33. The fraction of sp³-hybridized carbons (Fsp3) is 0.231. The second-order valence-electron chi connectivity index (χ2n) is 18.4. The van der Waals surface area contributed by atoms with Crippen LogP contribution >= 0.6 is 0 Å². The molecule has 0 radical (unpaired) electrons. The van der Waals surface area contributed by atoms with Crippen LogP contribution in [-0.4, -0.2) is 27.2 Å². The number of anilines is 8. The molecular weight excluding hydrogens is 918 g/mol. The van der Waals surface area contributed by atoms with Crippen molar-refractivity contribution in [1.29, 1.82) is 0 Å². The van der Waals surface area contributed by atoms with Crippen LogP contribution in [0.15, 0.2) is 139 Å². The summed E-state index contributed by atoms with van der Waals surface area (Å²) < 4.78 is 0. The molecule has 1 aliphatic carbocycles. The normalized spacial score (nSPS) is 19.2. The van der Waals surface area contributed by atoms with E-state index in [0.717, 1.165) is 51.5 Å². The van der Waals surface area contributed by atoms with Crippen molar-refractivity contribution in [3.63, 3.8) is 0 Å². The van der Waals surface area contributed by atoms with Crippen LogP contribution in [0.4, 0.5) is 45.5 Å². The predicted octanol–water partition coefficient (Wildman–Crippen LogP) is 10.6. The minimum absolute atomic E-state index is 0. The first kappa shape index (κ1) is 39.3. The number of nitrogens with zero attached hydrogens (tertiary/aromatic N) is 5. The van der Waals surface area contributed by atoms with Crippen LogP contribution in [-0.2, 0) is 26.5 Å². The minimum atomic E-state index is -3.03. The first-order valence-corrected chi connectivity index (χ1v) is 22.5. The van der Waals surface area contributed by atoms with E-state index in [1.807, 2.05) is 6.20 Å². The third-order valence-corrected chi connectivity index (χ3v) is 17.5. The number of pyridine rings is 1. The van der Waals surface area contributed by atoms with E-state index >= 15 is 0 Å². The smallest absolute Gasteiger partial charge is 0.178 e. The van der Waals surface area contributed by atoms with Gasteiger partial charge < -0.3 is 19.6 Å². The second kappa shape index (κ2) is 14.2. The van der Waals surface area contributed by atoms with Gasteiger partial charge in [-0.05, 0) is 112 Å². The number of allylic oxidation sites excluding steroid dienone is 4. The quantitative estimate of drug-likeness (QED) is 0.130. The van der Waals surface area contributed by atoms with Crippen molar-refractivity contribution in [1.82, 2.24) is 4.98 Å². The molecule has 4 aliphatic rings. The van der Waals surface area contributed by atoms with Gasteiger partial charge in [-0.2, -0.15) is 30.1 Å². The molecule has 5 aromatic carbocycles. The van der Waals surface area contributed by atoms with E-state index < -0.39 is 8.07 Å². The van der Waals surface area contributed by atoms with Crippen molar-refractivity contribution >= 4 is 74.8 Å². The Morgan fingerprint density at radius 2 is 1.42 bits per heavy atom. The van der Waals surface area contributed by atoms with E-state index in [1.165, 1.54) is 38.0 Å².